The summed E-state index contributed by atoms with van der Waals surface area (Å²) < 4.78 is 13.7. The van der Waals surface area contributed by atoms with Crippen LogP contribution in [0.5, 0.6) is 11.5 Å². The molecule has 0 aliphatic carbocycles. The molecule has 152 valence electrons. The summed E-state index contributed by atoms with van der Waals surface area (Å²) in [5.41, 5.74) is 4.01. The normalized spacial score (nSPS) is 10.9. The molecule has 5 heteroatoms. The van der Waals surface area contributed by atoms with Crippen molar-refractivity contribution in [2.75, 3.05) is 13.7 Å². The van der Waals surface area contributed by atoms with E-state index in [4.69, 9.17) is 26.1 Å². The Kier molecular flexibility index (Phi) is 6.05. The van der Waals surface area contributed by atoms with Crippen LogP contribution in [0.3, 0.4) is 0 Å². The first-order chi connectivity index (χ1) is 14.7. The number of benzene rings is 3. The first kappa shape index (κ1) is 20.0. The summed E-state index contributed by atoms with van der Waals surface area (Å²) in [4.78, 5) is 4.82. The molecule has 0 N–H and O–H groups in total. The zero-order chi connectivity index (χ0) is 20.9. The largest absolute Gasteiger partial charge is 0.493 e. The van der Waals surface area contributed by atoms with Gasteiger partial charge in [-0.15, -0.1) is 6.58 Å². The molecule has 1 aromatic heterocycles. The lowest BCUT2D eigenvalue weighted by atomic mass is 10.1. The third kappa shape index (κ3) is 4.05. The molecule has 0 bridgehead atoms. The number of nitrogens with zero attached hydrogens (tertiary/aromatic N) is 2. The summed E-state index contributed by atoms with van der Waals surface area (Å²) >= 11 is 6.46. The maximum Gasteiger partial charge on any atom is 0.161 e. The Balaban J connectivity index is 1.61. The molecule has 0 unspecified atom stereocenters. The van der Waals surface area contributed by atoms with Crippen molar-refractivity contribution in [2.45, 2.75) is 13.0 Å². The van der Waals surface area contributed by atoms with Gasteiger partial charge in [0.2, 0.25) is 0 Å². The third-order valence-corrected chi connectivity index (χ3v) is 5.28. The minimum absolute atomic E-state index is 0.467. The molecule has 0 aliphatic rings. The summed E-state index contributed by atoms with van der Waals surface area (Å²) in [6.07, 6.45) is 2.66. The fraction of sp³-hybridized carbons (Fsp3) is 0.160. The van der Waals surface area contributed by atoms with Crippen LogP contribution < -0.4 is 9.47 Å². The second kappa shape index (κ2) is 9.06. The van der Waals surface area contributed by atoms with Crippen molar-refractivity contribution in [2.24, 2.45) is 0 Å². The Bertz CT molecular complexity index is 1180. The molecule has 0 saturated heterocycles. The van der Waals surface area contributed by atoms with E-state index in [0.29, 0.717) is 23.9 Å². The second-order valence-electron chi connectivity index (χ2n) is 6.88. The summed E-state index contributed by atoms with van der Waals surface area (Å²) in [5.74, 6) is 2.27. The monoisotopic (exact) mass is 418 g/mol. The van der Waals surface area contributed by atoms with Gasteiger partial charge >= 0.3 is 0 Å². The molecule has 0 aliphatic heterocycles. The molecule has 0 amide bonds. The fourth-order valence-electron chi connectivity index (χ4n) is 3.52. The van der Waals surface area contributed by atoms with Crippen LogP contribution in [0.4, 0.5) is 0 Å². The van der Waals surface area contributed by atoms with Crippen LogP contribution >= 0.6 is 11.6 Å². The van der Waals surface area contributed by atoms with Crippen molar-refractivity contribution in [3.8, 4) is 22.9 Å². The van der Waals surface area contributed by atoms with Crippen molar-refractivity contribution < 1.29 is 9.47 Å². The van der Waals surface area contributed by atoms with Crippen molar-refractivity contribution in [1.29, 1.82) is 0 Å². The number of imidazole rings is 1. The highest BCUT2D eigenvalue weighted by molar-refractivity contribution is 6.33. The van der Waals surface area contributed by atoms with Gasteiger partial charge in [-0.3, -0.25) is 0 Å². The minimum Gasteiger partial charge on any atom is -0.493 e. The molecule has 4 rings (SSSR count). The van der Waals surface area contributed by atoms with Crippen LogP contribution in [0.15, 0.2) is 79.4 Å². The lowest BCUT2D eigenvalue weighted by Gasteiger charge is -2.14. The van der Waals surface area contributed by atoms with Gasteiger partial charge in [0.1, 0.15) is 12.4 Å². The van der Waals surface area contributed by atoms with E-state index in [9.17, 15) is 0 Å². The van der Waals surface area contributed by atoms with Crippen LogP contribution in [-0.4, -0.2) is 23.3 Å². The quantitative estimate of drug-likeness (QED) is 0.321. The number of hydrogen-bond acceptors (Lipinski definition) is 3. The maximum absolute atomic E-state index is 6.46. The number of hydrogen-bond donors (Lipinski definition) is 0. The predicted molar refractivity (Wildman–Crippen MR) is 123 cm³/mol. The molecule has 4 aromatic rings. The first-order valence-corrected chi connectivity index (χ1v) is 10.2. The van der Waals surface area contributed by atoms with Crippen LogP contribution in [-0.2, 0) is 13.0 Å². The van der Waals surface area contributed by atoms with E-state index in [0.717, 1.165) is 40.2 Å². The Morgan fingerprint density at radius 3 is 2.63 bits per heavy atom. The van der Waals surface area contributed by atoms with E-state index in [1.807, 2.05) is 66.7 Å². The summed E-state index contributed by atoms with van der Waals surface area (Å²) in [7, 11) is 1.65. The van der Waals surface area contributed by atoms with Crippen molar-refractivity contribution in [3.63, 3.8) is 0 Å². The molecule has 0 fully saturated rings. The Morgan fingerprint density at radius 1 is 1.03 bits per heavy atom. The number of fused-ring (bicyclic) bond motifs is 1. The zero-order valence-corrected chi connectivity index (χ0v) is 17.6. The van der Waals surface area contributed by atoms with Gasteiger partial charge in [-0.1, -0.05) is 48.0 Å². The minimum atomic E-state index is 0.467. The molecule has 1 heterocycles. The number of rotatable bonds is 8. The lowest BCUT2D eigenvalue weighted by Crippen LogP contribution is -2.10. The average Bonchev–Trinajstić information content (AvgIpc) is 3.13. The molecular formula is C25H23ClN2O2. The van der Waals surface area contributed by atoms with Gasteiger partial charge in [-0.25, -0.2) is 4.98 Å². The standard InChI is InChI=1S/C25H23ClN2O2/c1-3-8-18-13-14-23(24(17-18)29-2)30-16-15-28-22-12-7-6-11-21(22)27-25(28)19-9-4-5-10-20(19)26/h3-7,9-14,17H,1,8,15-16H2,2H3. The van der Waals surface area contributed by atoms with Crippen LogP contribution in [0, 0.1) is 0 Å². The molecule has 0 radical (unpaired) electrons. The van der Waals surface area contributed by atoms with Gasteiger partial charge in [0.05, 0.1) is 29.7 Å². The van der Waals surface area contributed by atoms with Crippen LogP contribution in [0.25, 0.3) is 22.4 Å². The van der Waals surface area contributed by atoms with Gasteiger partial charge < -0.3 is 14.0 Å². The summed E-state index contributed by atoms with van der Waals surface area (Å²) in [6.45, 7) is 4.88. The molecule has 3 aromatic carbocycles. The van der Waals surface area contributed by atoms with Gasteiger partial charge in [-0.05, 0) is 48.4 Å². The number of ether oxygens (including phenoxy) is 2. The van der Waals surface area contributed by atoms with Gasteiger partial charge in [-0.2, -0.15) is 0 Å². The number of allylic oxidation sites excluding steroid dienone is 1. The number of methoxy groups -OCH3 is 1. The van der Waals surface area contributed by atoms with Crippen LogP contribution in [0.2, 0.25) is 5.02 Å². The summed E-state index contributed by atoms with van der Waals surface area (Å²) in [5, 5.41) is 0.675. The first-order valence-electron chi connectivity index (χ1n) is 9.82. The Labute approximate surface area is 181 Å². The molecule has 30 heavy (non-hydrogen) atoms. The Morgan fingerprint density at radius 2 is 1.83 bits per heavy atom. The second-order valence-corrected chi connectivity index (χ2v) is 7.29. The predicted octanol–water partition coefficient (Wildman–Crippen LogP) is 6.17. The summed E-state index contributed by atoms with van der Waals surface area (Å²) in [6, 6.07) is 21.8. The average molecular weight is 419 g/mol. The molecule has 4 nitrogen and oxygen atoms in total. The third-order valence-electron chi connectivity index (χ3n) is 4.95. The highest BCUT2D eigenvalue weighted by Crippen LogP contribution is 2.31. The topological polar surface area (TPSA) is 36.3 Å². The van der Waals surface area contributed by atoms with Gasteiger partial charge in [0.15, 0.2) is 11.5 Å². The van der Waals surface area contributed by atoms with Crippen LogP contribution in [0.1, 0.15) is 5.56 Å². The van der Waals surface area contributed by atoms with Crippen molar-refractivity contribution in [3.05, 3.63) is 90.0 Å². The molecular weight excluding hydrogens is 396 g/mol. The van der Waals surface area contributed by atoms with Crippen molar-refractivity contribution in [1.82, 2.24) is 9.55 Å². The number of para-hydroxylation sites is 2. The molecule has 0 saturated carbocycles. The smallest absolute Gasteiger partial charge is 0.161 e. The van der Waals surface area contributed by atoms with E-state index in [2.05, 4.69) is 17.2 Å². The Hall–Kier alpha value is -3.24. The lowest BCUT2D eigenvalue weighted by molar-refractivity contribution is 0.281. The van der Waals surface area contributed by atoms with E-state index in [-0.39, 0.29) is 0 Å². The highest BCUT2D eigenvalue weighted by atomic mass is 35.5. The maximum atomic E-state index is 6.46. The van der Waals surface area contributed by atoms with E-state index < -0.39 is 0 Å². The fourth-order valence-corrected chi connectivity index (χ4v) is 3.74. The van der Waals surface area contributed by atoms with Gasteiger partial charge in [0, 0.05) is 5.56 Å². The SMILES string of the molecule is C=CCc1ccc(OCCn2c(-c3ccccc3Cl)nc3ccccc32)c(OC)c1. The van der Waals surface area contributed by atoms with Gasteiger partial charge in [0.25, 0.3) is 0 Å². The molecule has 0 atom stereocenters. The number of aromatic nitrogens is 2. The number of halogens is 1. The molecule has 0 spiro atoms. The van der Waals surface area contributed by atoms with Crippen molar-refractivity contribution >= 4 is 22.6 Å². The highest BCUT2D eigenvalue weighted by Gasteiger charge is 2.15. The van der Waals surface area contributed by atoms with E-state index in [1.165, 1.54) is 0 Å². The zero-order valence-electron chi connectivity index (χ0n) is 16.8. The van der Waals surface area contributed by atoms with E-state index in [1.54, 1.807) is 7.11 Å². The van der Waals surface area contributed by atoms with E-state index >= 15 is 0 Å².